The summed E-state index contributed by atoms with van der Waals surface area (Å²) < 4.78 is 13.3. The molecule has 5 heteroatoms. The van der Waals surface area contributed by atoms with Crippen LogP contribution in [0.4, 0.5) is 0 Å². The van der Waals surface area contributed by atoms with Gasteiger partial charge in [0, 0.05) is 7.05 Å². The second kappa shape index (κ2) is 4.57. The molecule has 0 unspecified atom stereocenters. The third-order valence-electron chi connectivity index (χ3n) is 2.16. The van der Waals surface area contributed by atoms with Crippen molar-refractivity contribution in [1.29, 1.82) is 0 Å². The number of methoxy groups -OCH3 is 1. The van der Waals surface area contributed by atoms with Crippen molar-refractivity contribution < 1.29 is 9.47 Å². The molecule has 0 atom stereocenters. The Morgan fingerprint density at radius 2 is 1.81 bits per heavy atom. The van der Waals surface area contributed by atoms with Gasteiger partial charge in [-0.05, 0) is 40.2 Å². The van der Waals surface area contributed by atoms with Crippen LogP contribution >= 0.6 is 15.9 Å². The topological polar surface area (TPSA) is 36.3 Å². The Balaban J connectivity index is 2.17. The average Bonchev–Trinajstić information content (AvgIpc) is 2.62. The summed E-state index contributed by atoms with van der Waals surface area (Å²) >= 11 is 3.35. The zero-order valence-electron chi connectivity index (χ0n) is 8.98. The lowest BCUT2D eigenvalue weighted by Gasteiger charge is -2.06. The van der Waals surface area contributed by atoms with E-state index in [2.05, 4.69) is 20.9 Å². The first-order valence-electron chi connectivity index (χ1n) is 4.70. The van der Waals surface area contributed by atoms with Crippen LogP contribution in [0.1, 0.15) is 0 Å². The van der Waals surface area contributed by atoms with E-state index in [-0.39, 0.29) is 0 Å². The number of ether oxygens (including phenoxy) is 2. The number of benzene rings is 1. The van der Waals surface area contributed by atoms with Crippen LogP contribution in [-0.4, -0.2) is 16.7 Å². The standard InChI is InChI=1S/C11H11BrN2O2/c1-14-10(12)7-13-11(14)16-9-5-3-8(15-2)4-6-9/h3-7H,1-2H3. The molecule has 0 aliphatic heterocycles. The molecule has 0 radical (unpaired) electrons. The normalized spacial score (nSPS) is 10.2. The van der Waals surface area contributed by atoms with Crippen LogP contribution in [0.2, 0.25) is 0 Å². The van der Waals surface area contributed by atoms with Crippen LogP contribution in [0.15, 0.2) is 35.1 Å². The highest BCUT2D eigenvalue weighted by atomic mass is 79.9. The maximum Gasteiger partial charge on any atom is 0.302 e. The molecule has 0 bridgehead atoms. The lowest BCUT2D eigenvalue weighted by molar-refractivity contribution is 0.407. The summed E-state index contributed by atoms with van der Waals surface area (Å²) in [6, 6.07) is 7.89. The summed E-state index contributed by atoms with van der Waals surface area (Å²) in [6.45, 7) is 0. The Morgan fingerprint density at radius 3 is 2.31 bits per heavy atom. The van der Waals surface area contributed by atoms with Gasteiger partial charge in [-0.1, -0.05) is 0 Å². The predicted octanol–water partition coefficient (Wildman–Crippen LogP) is 2.98. The van der Waals surface area contributed by atoms with E-state index in [1.165, 1.54) is 0 Å². The first-order chi connectivity index (χ1) is 7.70. The zero-order valence-corrected chi connectivity index (χ0v) is 10.6. The molecule has 0 fully saturated rings. The van der Waals surface area contributed by atoms with Crippen molar-refractivity contribution in [2.24, 2.45) is 7.05 Å². The van der Waals surface area contributed by atoms with Crippen molar-refractivity contribution in [2.75, 3.05) is 7.11 Å². The van der Waals surface area contributed by atoms with Crippen LogP contribution in [0.25, 0.3) is 0 Å². The van der Waals surface area contributed by atoms with Gasteiger partial charge < -0.3 is 9.47 Å². The average molecular weight is 283 g/mol. The maximum atomic E-state index is 5.60. The SMILES string of the molecule is COc1ccc(Oc2ncc(Br)n2C)cc1. The maximum absolute atomic E-state index is 5.60. The molecule has 1 aromatic heterocycles. The molecule has 0 aliphatic rings. The summed E-state index contributed by atoms with van der Waals surface area (Å²) in [5, 5.41) is 0. The van der Waals surface area contributed by atoms with Crippen LogP contribution in [0, 0.1) is 0 Å². The lowest BCUT2D eigenvalue weighted by atomic mass is 10.3. The summed E-state index contributed by atoms with van der Waals surface area (Å²) in [5.41, 5.74) is 0. The second-order valence-electron chi connectivity index (χ2n) is 3.20. The van der Waals surface area contributed by atoms with E-state index in [0.717, 1.165) is 16.1 Å². The molecule has 2 rings (SSSR count). The van der Waals surface area contributed by atoms with Crippen LogP contribution in [-0.2, 0) is 7.05 Å². The Morgan fingerprint density at radius 1 is 1.19 bits per heavy atom. The van der Waals surface area contributed by atoms with Gasteiger partial charge in [0.15, 0.2) is 0 Å². The molecule has 4 nitrogen and oxygen atoms in total. The molecule has 0 spiro atoms. The second-order valence-corrected chi connectivity index (χ2v) is 4.01. The minimum Gasteiger partial charge on any atom is -0.497 e. The molecule has 0 N–H and O–H groups in total. The molecule has 84 valence electrons. The van der Waals surface area contributed by atoms with Crippen molar-refractivity contribution in [1.82, 2.24) is 9.55 Å². The number of halogens is 1. The zero-order chi connectivity index (χ0) is 11.5. The lowest BCUT2D eigenvalue weighted by Crippen LogP contribution is -1.94. The summed E-state index contributed by atoms with van der Waals surface area (Å²) in [7, 11) is 3.50. The molecule has 0 aliphatic carbocycles. The minimum atomic E-state index is 0.539. The summed E-state index contributed by atoms with van der Waals surface area (Å²) in [6.07, 6.45) is 1.69. The van der Waals surface area contributed by atoms with Gasteiger partial charge in [-0.3, -0.25) is 4.57 Å². The van der Waals surface area contributed by atoms with Crippen molar-refractivity contribution in [3.63, 3.8) is 0 Å². The van der Waals surface area contributed by atoms with Gasteiger partial charge in [0.1, 0.15) is 16.1 Å². The van der Waals surface area contributed by atoms with Crippen LogP contribution in [0.5, 0.6) is 17.5 Å². The third kappa shape index (κ3) is 2.19. The van der Waals surface area contributed by atoms with Gasteiger partial charge >= 0.3 is 6.01 Å². The quantitative estimate of drug-likeness (QED) is 0.868. The fourth-order valence-corrected chi connectivity index (χ4v) is 1.47. The molecule has 0 amide bonds. The van der Waals surface area contributed by atoms with Crippen molar-refractivity contribution in [3.05, 3.63) is 35.1 Å². The largest absolute Gasteiger partial charge is 0.497 e. The first kappa shape index (κ1) is 11.0. The molecular formula is C11H11BrN2O2. The number of aromatic nitrogens is 2. The number of rotatable bonds is 3. The van der Waals surface area contributed by atoms with Gasteiger partial charge in [0.25, 0.3) is 0 Å². The number of nitrogens with zero attached hydrogens (tertiary/aromatic N) is 2. The van der Waals surface area contributed by atoms with E-state index >= 15 is 0 Å². The molecular weight excluding hydrogens is 272 g/mol. The van der Waals surface area contributed by atoms with E-state index in [4.69, 9.17) is 9.47 Å². The fourth-order valence-electron chi connectivity index (χ4n) is 1.22. The number of imidazole rings is 1. The number of hydrogen-bond acceptors (Lipinski definition) is 3. The van der Waals surface area contributed by atoms with Gasteiger partial charge in [-0.15, -0.1) is 0 Å². The Hall–Kier alpha value is -1.49. The van der Waals surface area contributed by atoms with Crippen LogP contribution < -0.4 is 9.47 Å². The third-order valence-corrected chi connectivity index (χ3v) is 2.89. The Kier molecular flexibility index (Phi) is 3.14. The molecule has 2 aromatic rings. The van der Waals surface area contributed by atoms with E-state index in [1.54, 1.807) is 13.3 Å². The monoisotopic (exact) mass is 282 g/mol. The molecule has 0 saturated carbocycles. The van der Waals surface area contributed by atoms with Gasteiger partial charge in [0.2, 0.25) is 0 Å². The predicted molar refractivity (Wildman–Crippen MR) is 64.0 cm³/mol. The minimum absolute atomic E-state index is 0.539. The van der Waals surface area contributed by atoms with Gasteiger partial charge in [-0.25, -0.2) is 4.98 Å². The highest BCUT2D eigenvalue weighted by Crippen LogP contribution is 2.24. The highest BCUT2D eigenvalue weighted by Gasteiger charge is 2.06. The van der Waals surface area contributed by atoms with Gasteiger partial charge in [-0.2, -0.15) is 0 Å². The number of hydrogen-bond donors (Lipinski definition) is 0. The fraction of sp³-hybridized carbons (Fsp3) is 0.182. The van der Waals surface area contributed by atoms with Crippen molar-refractivity contribution in [3.8, 4) is 17.5 Å². The smallest absolute Gasteiger partial charge is 0.302 e. The van der Waals surface area contributed by atoms with E-state index in [9.17, 15) is 0 Å². The molecule has 1 heterocycles. The van der Waals surface area contributed by atoms with Crippen molar-refractivity contribution in [2.45, 2.75) is 0 Å². The van der Waals surface area contributed by atoms with Gasteiger partial charge in [0.05, 0.1) is 13.3 Å². The summed E-state index contributed by atoms with van der Waals surface area (Å²) in [4.78, 5) is 4.12. The molecule has 0 saturated heterocycles. The van der Waals surface area contributed by atoms with E-state index < -0.39 is 0 Å². The molecule has 1 aromatic carbocycles. The van der Waals surface area contributed by atoms with Crippen molar-refractivity contribution >= 4 is 15.9 Å². The molecule has 16 heavy (non-hydrogen) atoms. The van der Waals surface area contributed by atoms with E-state index in [0.29, 0.717) is 6.01 Å². The summed E-state index contributed by atoms with van der Waals surface area (Å²) in [5.74, 6) is 1.52. The Labute approximate surface area is 102 Å². The highest BCUT2D eigenvalue weighted by molar-refractivity contribution is 9.10. The first-order valence-corrected chi connectivity index (χ1v) is 5.49. The van der Waals surface area contributed by atoms with E-state index in [1.807, 2.05) is 35.9 Å². The Bertz CT molecular complexity index is 479. The van der Waals surface area contributed by atoms with Crippen LogP contribution in [0.3, 0.4) is 0 Å².